The van der Waals surface area contributed by atoms with Gasteiger partial charge in [-0.2, -0.15) is 0 Å². The number of rotatable bonds is 2. The molecule has 20 heavy (non-hydrogen) atoms. The summed E-state index contributed by atoms with van der Waals surface area (Å²) in [6, 6.07) is 13.8. The molecule has 2 aromatic carbocycles. The minimum absolute atomic E-state index is 0.453. The topological polar surface area (TPSA) is 22.1 Å². The Labute approximate surface area is 126 Å². The van der Waals surface area contributed by atoms with E-state index in [1.807, 2.05) is 42.5 Å². The Bertz CT molecular complexity index is 787. The standard InChI is InChI=1S/C16H11Cl2NO/c1-20-12-4-2-3-10(7-12)11-5-6-13-14(8-11)16(18)19-9-15(13)17/h2-9H,1H3. The lowest BCUT2D eigenvalue weighted by molar-refractivity contribution is 0.415. The van der Waals surface area contributed by atoms with E-state index in [1.54, 1.807) is 13.3 Å². The lowest BCUT2D eigenvalue weighted by Crippen LogP contribution is -1.85. The summed E-state index contributed by atoms with van der Waals surface area (Å²) in [6.07, 6.45) is 1.57. The summed E-state index contributed by atoms with van der Waals surface area (Å²) in [4.78, 5) is 4.08. The molecular weight excluding hydrogens is 293 g/mol. The van der Waals surface area contributed by atoms with Gasteiger partial charge in [0.15, 0.2) is 0 Å². The highest BCUT2D eigenvalue weighted by Crippen LogP contribution is 2.32. The average molecular weight is 304 g/mol. The van der Waals surface area contributed by atoms with E-state index in [1.165, 1.54) is 0 Å². The first-order valence-electron chi connectivity index (χ1n) is 6.07. The summed E-state index contributed by atoms with van der Waals surface area (Å²) in [5.41, 5.74) is 2.10. The van der Waals surface area contributed by atoms with E-state index in [4.69, 9.17) is 27.9 Å². The molecule has 1 aromatic heterocycles. The maximum Gasteiger partial charge on any atom is 0.136 e. The number of halogens is 2. The smallest absolute Gasteiger partial charge is 0.136 e. The van der Waals surface area contributed by atoms with Crippen molar-refractivity contribution in [2.24, 2.45) is 0 Å². The second kappa shape index (κ2) is 5.31. The van der Waals surface area contributed by atoms with Crippen molar-refractivity contribution in [2.75, 3.05) is 7.11 Å². The zero-order valence-corrected chi connectivity index (χ0v) is 12.2. The van der Waals surface area contributed by atoms with Crippen LogP contribution in [0.4, 0.5) is 0 Å². The Morgan fingerprint density at radius 1 is 0.950 bits per heavy atom. The Morgan fingerprint density at radius 3 is 2.55 bits per heavy atom. The Kier molecular flexibility index (Phi) is 3.51. The van der Waals surface area contributed by atoms with Gasteiger partial charge in [-0.1, -0.05) is 47.5 Å². The fourth-order valence-corrected chi connectivity index (χ4v) is 2.58. The summed E-state index contributed by atoms with van der Waals surface area (Å²) in [5, 5.41) is 2.80. The highest BCUT2D eigenvalue weighted by atomic mass is 35.5. The maximum atomic E-state index is 6.15. The van der Waals surface area contributed by atoms with Crippen molar-refractivity contribution in [2.45, 2.75) is 0 Å². The molecule has 0 spiro atoms. The number of nitrogens with zero attached hydrogens (tertiary/aromatic N) is 1. The summed E-state index contributed by atoms with van der Waals surface area (Å²) < 4.78 is 5.25. The molecule has 2 nitrogen and oxygen atoms in total. The van der Waals surface area contributed by atoms with E-state index >= 15 is 0 Å². The molecule has 0 bridgehead atoms. The molecule has 1 heterocycles. The first-order chi connectivity index (χ1) is 9.69. The van der Waals surface area contributed by atoms with Crippen LogP contribution in [-0.4, -0.2) is 12.1 Å². The molecular formula is C16H11Cl2NO. The number of methoxy groups -OCH3 is 1. The minimum atomic E-state index is 0.453. The maximum absolute atomic E-state index is 6.15. The Hall–Kier alpha value is -1.77. The van der Waals surface area contributed by atoms with E-state index < -0.39 is 0 Å². The van der Waals surface area contributed by atoms with Crippen LogP contribution in [0.15, 0.2) is 48.7 Å². The molecule has 4 heteroatoms. The van der Waals surface area contributed by atoms with Crippen LogP contribution in [0, 0.1) is 0 Å². The van der Waals surface area contributed by atoms with Crippen LogP contribution < -0.4 is 4.74 Å². The van der Waals surface area contributed by atoms with Gasteiger partial charge in [0, 0.05) is 17.0 Å². The second-order valence-corrected chi connectivity index (χ2v) is 5.15. The summed E-state index contributed by atoms with van der Waals surface area (Å²) in [5.74, 6) is 0.818. The molecule has 0 fully saturated rings. The van der Waals surface area contributed by atoms with Gasteiger partial charge in [0.25, 0.3) is 0 Å². The third-order valence-corrected chi connectivity index (χ3v) is 3.80. The van der Waals surface area contributed by atoms with Crippen LogP contribution in [0.2, 0.25) is 10.2 Å². The first-order valence-corrected chi connectivity index (χ1v) is 6.83. The quantitative estimate of drug-likeness (QED) is 0.606. The predicted molar refractivity (Wildman–Crippen MR) is 83.8 cm³/mol. The van der Waals surface area contributed by atoms with Crippen LogP contribution >= 0.6 is 23.2 Å². The fraction of sp³-hybridized carbons (Fsp3) is 0.0625. The molecule has 0 aliphatic carbocycles. The molecule has 3 rings (SSSR count). The van der Waals surface area contributed by atoms with Crippen LogP contribution in [0.25, 0.3) is 21.9 Å². The molecule has 0 aliphatic heterocycles. The van der Waals surface area contributed by atoms with Gasteiger partial charge in [0.05, 0.1) is 12.1 Å². The fourth-order valence-electron chi connectivity index (χ4n) is 2.16. The van der Waals surface area contributed by atoms with Gasteiger partial charge >= 0.3 is 0 Å². The summed E-state index contributed by atoms with van der Waals surface area (Å²) >= 11 is 12.3. The summed E-state index contributed by atoms with van der Waals surface area (Å²) in [6.45, 7) is 0. The predicted octanol–water partition coefficient (Wildman–Crippen LogP) is 5.22. The van der Waals surface area contributed by atoms with Crippen LogP contribution in [0.1, 0.15) is 0 Å². The monoisotopic (exact) mass is 303 g/mol. The van der Waals surface area contributed by atoms with Crippen molar-refractivity contribution in [3.05, 3.63) is 58.8 Å². The molecule has 0 saturated carbocycles. The second-order valence-electron chi connectivity index (χ2n) is 4.39. The molecule has 0 atom stereocenters. The highest BCUT2D eigenvalue weighted by molar-refractivity contribution is 6.39. The van der Waals surface area contributed by atoms with Crippen molar-refractivity contribution in [3.63, 3.8) is 0 Å². The van der Waals surface area contributed by atoms with Gasteiger partial charge in [-0.15, -0.1) is 0 Å². The molecule has 100 valence electrons. The number of benzene rings is 2. The van der Waals surface area contributed by atoms with E-state index in [9.17, 15) is 0 Å². The van der Waals surface area contributed by atoms with Crippen LogP contribution in [0.5, 0.6) is 5.75 Å². The van der Waals surface area contributed by atoms with E-state index in [2.05, 4.69) is 4.98 Å². The normalized spacial score (nSPS) is 10.8. The number of aromatic nitrogens is 1. The van der Waals surface area contributed by atoms with Gasteiger partial charge in [0.2, 0.25) is 0 Å². The Balaban J connectivity index is 2.20. The van der Waals surface area contributed by atoms with Gasteiger partial charge < -0.3 is 4.74 Å². The lowest BCUT2D eigenvalue weighted by atomic mass is 10.0. The zero-order valence-electron chi connectivity index (χ0n) is 10.7. The molecule has 0 unspecified atom stereocenters. The number of hydrogen-bond acceptors (Lipinski definition) is 2. The van der Waals surface area contributed by atoms with Crippen LogP contribution in [0.3, 0.4) is 0 Å². The van der Waals surface area contributed by atoms with Crippen molar-refractivity contribution < 1.29 is 4.74 Å². The number of hydrogen-bond donors (Lipinski definition) is 0. The minimum Gasteiger partial charge on any atom is -0.497 e. The van der Waals surface area contributed by atoms with E-state index in [0.29, 0.717) is 10.2 Å². The average Bonchev–Trinajstić information content (AvgIpc) is 2.51. The number of ether oxygens (including phenoxy) is 1. The Morgan fingerprint density at radius 2 is 1.75 bits per heavy atom. The molecule has 0 saturated heterocycles. The molecule has 0 radical (unpaired) electrons. The third kappa shape index (κ3) is 2.33. The lowest BCUT2D eigenvalue weighted by Gasteiger charge is -2.08. The SMILES string of the molecule is COc1cccc(-c2ccc3c(Cl)cnc(Cl)c3c2)c1. The van der Waals surface area contributed by atoms with Crippen molar-refractivity contribution in [1.29, 1.82) is 0 Å². The van der Waals surface area contributed by atoms with E-state index in [0.717, 1.165) is 27.6 Å². The van der Waals surface area contributed by atoms with E-state index in [-0.39, 0.29) is 0 Å². The van der Waals surface area contributed by atoms with Gasteiger partial charge in [-0.3, -0.25) is 0 Å². The summed E-state index contributed by atoms with van der Waals surface area (Å²) in [7, 11) is 1.65. The van der Waals surface area contributed by atoms with Crippen molar-refractivity contribution >= 4 is 34.0 Å². The number of pyridine rings is 1. The van der Waals surface area contributed by atoms with Gasteiger partial charge in [-0.05, 0) is 29.3 Å². The molecule has 0 amide bonds. The van der Waals surface area contributed by atoms with Gasteiger partial charge in [0.1, 0.15) is 10.9 Å². The third-order valence-electron chi connectivity index (χ3n) is 3.19. The first kappa shape index (κ1) is 13.2. The zero-order chi connectivity index (χ0) is 14.1. The van der Waals surface area contributed by atoms with Crippen molar-refractivity contribution in [1.82, 2.24) is 4.98 Å². The van der Waals surface area contributed by atoms with Crippen LogP contribution in [-0.2, 0) is 0 Å². The van der Waals surface area contributed by atoms with Gasteiger partial charge in [-0.25, -0.2) is 4.98 Å². The largest absolute Gasteiger partial charge is 0.497 e. The molecule has 0 N–H and O–H groups in total. The highest BCUT2D eigenvalue weighted by Gasteiger charge is 2.07. The molecule has 3 aromatic rings. The number of fused-ring (bicyclic) bond motifs is 1. The molecule has 0 aliphatic rings. The van der Waals surface area contributed by atoms with Crippen molar-refractivity contribution in [3.8, 4) is 16.9 Å².